The van der Waals surface area contributed by atoms with E-state index in [1.165, 1.54) is 11.1 Å². The van der Waals surface area contributed by atoms with Crippen LogP contribution < -0.4 is 4.90 Å². The van der Waals surface area contributed by atoms with Crippen molar-refractivity contribution >= 4 is 49.5 Å². The standard InChI is InChI=1S/C9H8BrClFN3O3S/c10-8-9(14-6(11)2-13-8)15-3-5(1-7(15)16)4-19(12,17)18/h2,5H,1,3-4H2. The molecular formula is C9H8BrClFN3O3S. The number of hydrogen-bond acceptors (Lipinski definition) is 5. The molecule has 1 aromatic heterocycles. The molecule has 1 unspecified atom stereocenters. The number of anilines is 1. The lowest BCUT2D eigenvalue weighted by Crippen LogP contribution is -2.27. The molecule has 0 bridgehead atoms. The maximum Gasteiger partial charge on any atom is 0.302 e. The predicted molar refractivity (Wildman–Crippen MR) is 70.1 cm³/mol. The van der Waals surface area contributed by atoms with Gasteiger partial charge in [-0.05, 0) is 15.9 Å². The Bertz CT molecular complexity index is 627. The van der Waals surface area contributed by atoms with E-state index in [9.17, 15) is 17.1 Å². The normalized spacial score (nSPS) is 20.1. The van der Waals surface area contributed by atoms with Gasteiger partial charge < -0.3 is 0 Å². The minimum atomic E-state index is -4.61. The third-order valence-electron chi connectivity index (χ3n) is 2.58. The summed E-state index contributed by atoms with van der Waals surface area (Å²) in [5.74, 6) is -1.42. The Kier molecular flexibility index (Phi) is 4.07. The Morgan fingerprint density at radius 2 is 2.26 bits per heavy atom. The SMILES string of the molecule is O=C1CC(CS(=O)(=O)F)CN1c1nc(Cl)cnc1Br. The average Bonchev–Trinajstić information content (AvgIpc) is 2.60. The van der Waals surface area contributed by atoms with Crippen LogP contribution in [0.3, 0.4) is 0 Å². The van der Waals surface area contributed by atoms with Crippen molar-refractivity contribution in [1.82, 2.24) is 9.97 Å². The third-order valence-corrected chi connectivity index (χ3v) is 4.19. The highest BCUT2D eigenvalue weighted by molar-refractivity contribution is 9.10. The first kappa shape index (κ1) is 14.6. The number of carbonyl (C=O) groups excluding carboxylic acids is 1. The molecule has 1 aliphatic heterocycles. The van der Waals surface area contributed by atoms with E-state index in [2.05, 4.69) is 25.9 Å². The fourth-order valence-electron chi connectivity index (χ4n) is 1.90. The molecule has 104 valence electrons. The number of amides is 1. The van der Waals surface area contributed by atoms with Crippen LogP contribution in [0.5, 0.6) is 0 Å². The van der Waals surface area contributed by atoms with Crippen molar-refractivity contribution in [2.24, 2.45) is 5.92 Å². The number of halogens is 3. The van der Waals surface area contributed by atoms with Crippen LogP contribution in [0.2, 0.25) is 5.15 Å². The second-order valence-corrected chi connectivity index (χ2v) is 6.64. The van der Waals surface area contributed by atoms with Crippen LogP contribution in [0.25, 0.3) is 0 Å². The van der Waals surface area contributed by atoms with Crippen LogP contribution in [-0.2, 0) is 15.0 Å². The molecule has 0 saturated carbocycles. The maximum absolute atomic E-state index is 12.6. The van der Waals surface area contributed by atoms with Crippen molar-refractivity contribution in [1.29, 1.82) is 0 Å². The highest BCUT2D eigenvalue weighted by Crippen LogP contribution is 2.30. The third kappa shape index (κ3) is 3.61. The molecular weight excluding hydrogens is 365 g/mol. The predicted octanol–water partition coefficient (Wildman–Crippen LogP) is 1.54. The van der Waals surface area contributed by atoms with Crippen LogP contribution in [0.15, 0.2) is 10.8 Å². The van der Waals surface area contributed by atoms with Gasteiger partial charge in [0.2, 0.25) is 5.91 Å². The zero-order valence-electron chi connectivity index (χ0n) is 9.38. The fraction of sp³-hybridized carbons (Fsp3) is 0.444. The van der Waals surface area contributed by atoms with Gasteiger partial charge in [-0.15, -0.1) is 3.89 Å². The summed E-state index contributed by atoms with van der Waals surface area (Å²) in [7, 11) is -4.61. The van der Waals surface area contributed by atoms with Gasteiger partial charge in [0, 0.05) is 18.9 Å². The van der Waals surface area contributed by atoms with E-state index in [0.29, 0.717) is 4.60 Å². The summed E-state index contributed by atoms with van der Waals surface area (Å²) in [5, 5.41) is 0.104. The van der Waals surface area contributed by atoms with Crippen molar-refractivity contribution in [3.63, 3.8) is 0 Å². The van der Waals surface area contributed by atoms with E-state index >= 15 is 0 Å². The Balaban J connectivity index is 2.23. The molecule has 2 rings (SSSR count). The summed E-state index contributed by atoms with van der Waals surface area (Å²) in [5.41, 5.74) is 0. The van der Waals surface area contributed by atoms with Gasteiger partial charge in [-0.25, -0.2) is 9.97 Å². The molecule has 1 aromatic rings. The van der Waals surface area contributed by atoms with E-state index < -0.39 is 21.9 Å². The van der Waals surface area contributed by atoms with E-state index in [-0.39, 0.29) is 29.8 Å². The van der Waals surface area contributed by atoms with Crippen molar-refractivity contribution in [2.45, 2.75) is 6.42 Å². The molecule has 2 heterocycles. The van der Waals surface area contributed by atoms with Crippen LogP contribution in [0.1, 0.15) is 6.42 Å². The summed E-state index contributed by atoms with van der Waals surface area (Å²) < 4.78 is 34.1. The lowest BCUT2D eigenvalue weighted by Gasteiger charge is -2.16. The van der Waals surface area contributed by atoms with Crippen LogP contribution >= 0.6 is 27.5 Å². The number of hydrogen-bond donors (Lipinski definition) is 0. The summed E-state index contributed by atoms with van der Waals surface area (Å²) in [4.78, 5) is 20.9. The van der Waals surface area contributed by atoms with Gasteiger partial charge in [-0.3, -0.25) is 9.69 Å². The first-order valence-electron chi connectivity index (χ1n) is 5.17. The number of aromatic nitrogens is 2. The first-order chi connectivity index (χ1) is 8.76. The van der Waals surface area contributed by atoms with E-state index in [1.54, 1.807) is 0 Å². The van der Waals surface area contributed by atoms with Crippen LogP contribution in [0.4, 0.5) is 9.70 Å². The monoisotopic (exact) mass is 371 g/mol. The highest BCUT2D eigenvalue weighted by atomic mass is 79.9. The van der Waals surface area contributed by atoms with Gasteiger partial charge in [0.1, 0.15) is 9.76 Å². The molecule has 10 heteroatoms. The number of carbonyl (C=O) groups is 1. The summed E-state index contributed by atoms with van der Waals surface area (Å²) in [6, 6.07) is 0. The maximum atomic E-state index is 12.6. The Labute approximate surface area is 122 Å². The Morgan fingerprint density at radius 1 is 1.58 bits per heavy atom. The number of nitrogens with zero attached hydrogens (tertiary/aromatic N) is 3. The van der Waals surface area contributed by atoms with Gasteiger partial charge in [0.15, 0.2) is 5.82 Å². The average molecular weight is 373 g/mol. The smallest absolute Gasteiger partial charge is 0.294 e. The van der Waals surface area contributed by atoms with Gasteiger partial charge in [0.05, 0.1) is 11.9 Å². The van der Waals surface area contributed by atoms with E-state index in [1.807, 2.05) is 0 Å². The molecule has 19 heavy (non-hydrogen) atoms. The zero-order valence-corrected chi connectivity index (χ0v) is 12.5. The van der Waals surface area contributed by atoms with Gasteiger partial charge in [-0.2, -0.15) is 8.42 Å². The highest BCUT2D eigenvalue weighted by Gasteiger charge is 2.35. The van der Waals surface area contributed by atoms with Crippen LogP contribution in [-0.4, -0.2) is 36.6 Å². The minimum Gasteiger partial charge on any atom is -0.294 e. The molecule has 0 spiro atoms. The Morgan fingerprint density at radius 3 is 2.89 bits per heavy atom. The minimum absolute atomic E-state index is 0.0518. The van der Waals surface area contributed by atoms with E-state index in [4.69, 9.17) is 11.6 Å². The second kappa shape index (κ2) is 5.29. The molecule has 0 aliphatic carbocycles. The molecule has 0 radical (unpaired) electrons. The topological polar surface area (TPSA) is 80.2 Å². The van der Waals surface area contributed by atoms with Crippen LogP contribution in [0, 0.1) is 5.92 Å². The van der Waals surface area contributed by atoms with Crippen molar-refractivity contribution in [2.75, 3.05) is 17.2 Å². The van der Waals surface area contributed by atoms with Crippen molar-refractivity contribution in [3.8, 4) is 0 Å². The van der Waals surface area contributed by atoms with E-state index in [0.717, 1.165) is 0 Å². The molecule has 1 saturated heterocycles. The Hall–Kier alpha value is -0.800. The largest absolute Gasteiger partial charge is 0.302 e. The molecule has 0 N–H and O–H groups in total. The molecule has 1 aliphatic rings. The molecule has 1 fully saturated rings. The van der Waals surface area contributed by atoms with Gasteiger partial charge in [0.25, 0.3) is 0 Å². The lowest BCUT2D eigenvalue weighted by molar-refractivity contribution is -0.117. The molecule has 1 amide bonds. The first-order valence-corrected chi connectivity index (χ1v) is 7.89. The number of rotatable bonds is 3. The quantitative estimate of drug-likeness (QED) is 0.752. The van der Waals surface area contributed by atoms with Gasteiger partial charge >= 0.3 is 10.2 Å². The van der Waals surface area contributed by atoms with Gasteiger partial charge in [-0.1, -0.05) is 11.6 Å². The summed E-state index contributed by atoms with van der Waals surface area (Å²) in [6.07, 6.45) is 1.25. The zero-order chi connectivity index (χ0) is 14.2. The van der Waals surface area contributed by atoms with Crippen molar-refractivity contribution in [3.05, 3.63) is 16.0 Å². The molecule has 6 nitrogen and oxygen atoms in total. The van der Waals surface area contributed by atoms with Crippen molar-refractivity contribution < 1.29 is 17.1 Å². The lowest BCUT2D eigenvalue weighted by atomic mass is 10.1. The summed E-state index contributed by atoms with van der Waals surface area (Å²) >= 11 is 8.83. The fourth-order valence-corrected chi connectivity index (χ4v) is 3.22. The molecule has 1 atom stereocenters. The molecule has 0 aromatic carbocycles. The summed E-state index contributed by atoms with van der Waals surface area (Å²) in [6.45, 7) is 0.0651. The second-order valence-electron chi connectivity index (χ2n) is 4.09.